The van der Waals surface area contributed by atoms with E-state index in [-0.39, 0.29) is 53.9 Å². The van der Waals surface area contributed by atoms with E-state index in [9.17, 15) is 19.2 Å². The summed E-state index contributed by atoms with van der Waals surface area (Å²) < 4.78 is 17.9. The van der Waals surface area contributed by atoms with E-state index in [0.717, 1.165) is 12.1 Å². The van der Waals surface area contributed by atoms with Gasteiger partial charge >= 0.3 is 0 Å². The van der Waals surface area contributed by atoms with E-state index in [2.05, 4.69) is 20.9 Å². The van der Waals surface area contributed by atoms with Crippen molar-refractivity contribution in [1.82, 2.24) is 30.7 Å². The van der Waals surface area contributed by atoms with Crippen molar-refractivity contribution in [2.75, 3.05) is 48.5 Å². The predicted octanol–water partition coefficient (Wildman–Crippen LogP) is 3.06. The van der Waals surface area contributed by atoms with Gasteiger partial charge in [-0.25, -0.2) is 0 Å². The number of likely N-dealkylation sites (tertiary alicyclic amines) is 1. The highest BCUT2D eigenvalue weighted by atomic mass is 16.5. The maximum Gasteiger partial charge on any atom is 0.245 e. The van der Waals surface area contributed by atoms with Crippen molar-refractivity contribution in [3.63, 3.8) is 0 Å². The Morgan fingerprint density at radius 2 is 1.65 bits per heavy atom. The Morgan fingerprint density at radius 3 is 2.15 bits per heavy atom. The minimum Gasteiger partial charge on any atom is -0.380 e. The van der Waals surface area contributed by atoms with Crippen molar-refractivity contribution < 1.29 is 33.4 Å². The van der Waals surface area contributed by atoms with Crippen molar-refractivity contribution in [1.29, 1.82) is 0 Å². The monoisotopic (exact) mass is 733 g/mol. The van der Waals surface area contributed by atoms with Gasteiger partial charge < -0.3 is 40.0 Å². The van der Waals surface area contributed by atoms with E-state index in [1.807, 2.05) is 73.6 Å². The molecule has 1 aliphatic heterocycles. The van der Waals surface area contributed by atoms with Gasteiger partial charge in [-0.3, -0.25) is 24.2 Å². The molecule has 13 heteroatoms. The lowest BCUT2D eigenvalue weighted by Crippen LogP contribution is -2.60. The number of nitrogens with zero attached hydrogens (tertiary/aromatic N) is 3. The van der Waals surface area contributed by atoms with Crippen LogP contribution in [0.3, 0.4) is 0 Å². The van der Waals surface area contributed by atoms with Crippen LogP contribution in [0.5, 0.6) is 0 Å². The van der Waals surface area contributed by atoms with E-state index in [4.69, 9.17) is 14.2 Å². The second-order valence-electron chi connectivity index (χ2n) is 15.3. The molecule has 1 aliphatic rings. The van der Waals surface area contributed by atoms with Gasteiger partial charge in [-0.1, -0.05) is 61.0 Å². The maximum absolute atomic E-state index is 14.5. The van der Waals surface area contributed by atoms with Gasteiger partial charge in [-0.15, -0.1) is 0 Å². The molecule has 0 aromatic carbocycles. The second-order valence-corrected chi connectivity index (χ2v) is 15.3. The molecule has 9 atom stereocenters. The van der Waals surface area contributed by atoms with Crippen LogP contribution >= 0.6 is 0 Å². The van der Waals surface area contributed by atoms with Gasteiger partial charge in [0.15, 0.2) is 0 Å². The summed E-state index contributed by atoms with van der Waals surface area (Å²) in [7, 11) is 8.21. The van der Waals surface area contributed by atoms with Crippen LogP contribution in [0.15, 0.2) is 24.4 Å². The van der Waals surface area contributed by atoms with Gasteiger partial charge in [0.1, 0.15) is 6.04 Å². The van der Waals surface area contributed by atoms with Gasteiger partial charge in [0.2, 0.25) is 23.6 Å². The average Bonchev–Trinajstić information content (AvgIpc) is 3.47. The molecule has 1 saturated heterocycles. The van der Waals surface area contributed by atoms with Crippen LogP contribution < -0.4 is 16.0 Å². The molecule has 1 unspecified atom stereocenters. The lowest BCUT2D eigenvalue weighted by Gasteiger charge is -2.44. The number of carbonyl (C=O) groups is 4. The molecule has 1 aromatic rings. The zero-order valence-corrected chi connectivity index (χ0v) is 34.0. The highest BCUT2D eigenvalue weighted by Gasteiger charge is 2.53. The number of likely N-dealkylation sites (N-methyl/N-ethyl adjacent to an activating group) is 2. The molecule has 3 N–H and O–H groups in total. The fourth-order valence-corrected chi connectivity index (χ4v) is 7.77. The number of hydrogen-bond acceptors (Lipinski definition) is 9. The number of pyridine rings is 1. The van der Waals surface area contributed by atoms with Crippen molar-refractivity contribution in [3.05, 3.63) is 30.1 Å². The van der Waals surface area contributed by atoms with Crippen LogP contribution in [0.2, 0.25) is 0 Å². The Balaban J connectivity index is 2.34. The summed E-state index contributed by atoms with van der Waals surface area (Å²) in [6, 6.07) is 4.00. The largest absolute Gasteiger partial charge is 0.380 e. The first kappa shape index (κ1) is 45.0. The maximum atomic E-state index is 14.5. The Bertz CT molecular complexity index is 1280. The summed E-state index contributed by atoms with van der Waals surface area (Å²) in [4.78, 5) is 63.1. The minimum atomic E-state index is -0.872. The molecule has 2 heterocycles. The van der Waals surface area contributed by atoms with Crippen LogP contribution in [0.1, 0.15) is 80.3 Å². The van der Waals surface area contributed by atoms with Crippen molar-refractivity contribution in [2.24, 2.45) is 23.7 Å². The molecule has 2 rings (SSSR count). The highest BCUT2D eigenvalue weighted by Crippen LogP contribution is 2.39. The zero-order valence-electron chi connectivity index (χ0n) is 34.0. The summed E-state index contributed by atoms with van der Waals surface area (Å²) in [6.45, 7) is 16.3. The first-order chi connectivity index (χ1) is 24.5. The number of methoxy groups -OCH3 is 3. The third-order valence-electron chi connectivity index (χ3n) is 11.0. The van der Waals surface area contributed by atoms with Crippen molar-refractivity contribution in [2.45, 2.75) is 123 Å². The lowest BCUT2D eigenvalue weighted by atomic mass is 9.82. The minimum absolute atomic E-state index is 0.00980. The molecule has 0 bridgehead atoms. The number of hydrogen-bond donors (Lipinski definition) is 3. The average molecular weight is 733 g/mol. The molecule has 0 radical (unpaired) electrons. The first-order valence-electron chi connectivity index (χ1n) is 18.8. The van der Waals surface area contributed by atoms with Gasteiger partial charge in [-0.2, -0.15) is 0 Å². The van der Waals surface area contributed by atoms with E-state index in [1.54, 1.807) is 51.4 Å². The lowest BCUT2D eigenvalue weighted by molar-refractivity contribution is -0.152. The standard InChI is InChI=1S/C39H68N6O7/c1-14-26(6)34(44(10)38(49)33(25(4)5)43-37(48)32(40-9)24(2)3)30(51-12)21-31(46)45-23-29(50-11)22-39(45,8)35(52-13)27(7)36(47)42-20-18-28-17-15-16-19-41-28/h15-17,19,24-27,29-30,32-35,40H,14,18,20-23H2,1-13H3,(H,42,47)(H,43,48)/t26?,27-,29-,30-,32+,33+,34+,35-,39+/m1/s1. The molecular formula is C39H68N6O7. The summed E-state index contributed by atoms with van der Waals surface area (Å²) in [5.74, 6) is -1.60. The fraction of sp³-hybridized carbons (Fsp3) is 0.769. The van der Waals surface area contributed by atoms with Crippen molar-refractivity contribution >= 4 is 23.6 Å². The van der Waals surface area contributed by atoms with E-state index in [0.29, 0.717) is 25.9 Å². The van der Waals surface area contributed by atoms with Gasteiger partial charge in [-0.05, 0) is 43.9 Å². The molecule has 1 fully saturated rings. The van der Waals surface area contributed by atoms with E-state index in [1.165, 1.54) is 0 Å². The Hall–Kier alpha value is -3.13. The number of carbonyl (C=O) groups excluding carboxylic acids is 4. The number of aromatic nitrogens is 1. The van der Waals surface area contributed by atoms with Crippen LogP contribution in [0.25, 0.3) is 0 Å². The van der Waals surface area contributed by atoms with Gasteiger partial charge in [0.25, 0.3) is 0 Å². The van der Waals surface area contributed by atoms with Crippen LogP contribution in [-0.2, 0) is 39.8 Å². The quantitative estimate of drug-likeness (QED) is 0.173. The number of amides is 4. The molecular weight excluding hydrogens is 664 g/mol. The second kappa shape index (κ2) is 20.9. The van der Waals surface area contributed by atoms with Crippen LogP contribution in [0, 0.1) is 23.7 Å². The predicted molar refractivity (Wildman–Crippen MR) is 202 cm³/mol. The molecule has 13 nitrogen and oxygen atoms in total. The third kappa shape index (κ3) is 11.2. The Kier molecular flexibility index (Phi) is 18.1. The summed E-state index contributed by atoms with van der Waals surface area (Å²) >= 11 is 0. The normalized spacial score (nSPS) is 21.6. The summed E-state index contributed by atoms with van der Waals surface area (Å²) in [5.41, 5.74) is 0.0126. The molecule has 296 valence electrons. The van der Waals surface area contributed by atoms with E-state index >= 15 is 0 Å². The van der Waals surface area contributed by atoms with Gasteiger partial charge in [0.05, 0.1) is 48.3 Å². The Morgan fingerprint density at radius 1 is 1.00 bits per heavy atom. The SMILES string of the molecule is CCC(C)[C@@H]([C@@H](CC(=O)N1C[C@H](OC)C[C@@]1(C)[C@H](OC)[C@@H](C)C(=O)NCCc1ccccn1)OC)N(C)C(=O)[C@@H](NC(=O)[C@@H](NC)C(C)C)C(C)C. The molecule has 0 saturated carbocycles. The van der Waals surface area contributed by atoms with Crippen molar-refractivity contribution in [3.8, 4) is 0 Å². The molecule has 4 amide bonds. The smallest absolute Gasteiger partial charge is 0.245 e. The molecule has 1 aromatic heterocycles. The summed E-state index contributed by atoms with van der Waals surface area (Å²) in [6.07, 6.45) is 1.97. The number of ether oxygens (including phenoxy) is 3. The molecule has 0 aliphatic carbocycles. The Labute approximate surface area is 312 Å². The third-order valence-corrected chi connectivity index (χ3v) is 11.0. The fourth-order valence-electron chi connectivity index (χ4n) is 7.77. The summed E-state index contributed by atoms with van der Waals surface area (Å²) in [5, 5.41) is 9.06. The van der Waals surface area contributed by atoms with Crippen LogP contribution in [-0.4, -0.2) is 129 Å². The number of nitrogens with one attached hydrogen (secondary N) is 3. The topological polar surface area (TPSA) is 151 Å². The first-order valence-corrected chi connectivity index (χ1v) is 18.8. The van der Waals surface area contributed by atoms with E-state index < -0.39 is 41.8 Å². The van der Waals surface area contributed by atoms with Gasteiger partial charge in [0, 0.05) is 66.2 Å². The zero-order chi connectivity index (χ0) is 39.3. The number of rotatable bonds is 21. The molecule has 0 spiro atoms. The molecule has 52 heavy (non-hydrogen) atoms. The highest BCUT2D eigenvalue weighted by molar-refractivity contribution is 5.90. The van der Waals surface area contributed by atoms with Crippen LogP contribution in [0.4, 0.5) is 0 Å².